The van der Waals surface area contributed by atoms with Crippen molar-refractivity contribution in [3.8, 4) is 0 Å². The van der Waals surface area contributed by atoms with Crippen molar-refractivity contribution in [1.82, 2.24) is 0 Å². The number of alkyl halides is 9. The second kappa shape index (κ2) is 6.14. The first-order valence-corrected chi connectivity index (χ1v) is 7.92. The minimum atomic E-state index is -2.28. The van der Waals surface area contributed by atoms with Gasteiger partial charge in [-0.15, -0.1) is 0 Å². The molecule has 1 radical (unpaired) electrons. The first kappa shape index (κ1) is 18.9. The molecular weight excluding hydrogens is 439 g/mol. The van der Waals surface area contributed by atoms with Crippen LogP contribution in [0.1, 0.15) is 5.56 Å². The average molecular weight is 443 g/mol. The third-order valence-electron chi connectivity index (χ3n) is 2.23. The van der Waals surface area contributed by atoms with Crippen LogP contribution in [0.4, 0.5) is 0 Å². The van der Waals surface area contributed by atoms with Crippen molar-refractivity contribution in [2.45, 2.75) is 16.8 Å². The molecule has 0 atom stereocenters. The van der Waals surface area contributed by atoms with Crippen molar-refractivity contribution in [1.29, 1.82) is 0 Å². The van der Waals surface area contributed by atoms with Crippen LogP contribution in [-0.2, 0) is 4.33 Å². The summed E-state index contributed by atoms with van der Waals surface area (Å²) in [6.07, 6.45) is 0. The van der Waals surface area contributed by atoms with Gasteiger partial charge in [-0.3, -0.25) is 0 Å². The van der Waals surface area contributed by atoms with Gasteiger partial charge in [-0.1, -0.05) is 129 Å². The van der Waals surface area contributed by atoms with Gasteiger partial charge < -0.3 is 0 Å². The molecule has 0 spiro atoms. The summed E-state index contributed by atoms with van der Waals surface area (Å²) in [7, 11) is 0. The van der Waals surface area contributed by atoms with Gasteiger partial charge in [0.25, 0.3) is 0 Å². The van der Waals surface area contributed by atoms with Crippen LogP contribution in [0, 0.1) is 6.07 Å². The van der Waals surface area contributed by atoms with E-state index in [9.17, 15) is 0 Å². The van der Waals surface area contributed by atoms with E-state index in [0.29, 0.717) is 5.56 Å². The summed E-state index contributed by atoms with van der Waals surface area (Å²) in [4.78, 5) is 0. The highest BCUT2D eigenvalue weighted by Crippen LogP contribution is 2.65. The van der Waals surface area contributed by atoms with Gasteiger partial charge in [0, 0.05) is 0 Å². The van der Waals surface area contributed by atoms with Crippen LogP contribution in [-0.4, -0.2) is 12.5 Å². The van der Waals surface area contributed by atoms with Crippen LogP contribution in [0.5, 0.6) is 0 Å². The largest absolute Gasteiger partial charge is 0.226 e. The smallest absolute Gasteiger partial charge is 0.0943 e. The second-order valence-electron chi connectivity index (χ2n) is 3.51. The molecule has 0 aliphatic carbocycles. The molecule has 0 fully saturated rings. The van der Waals surface area contributed by atoms with E-state index >= 15 is 0 Å². The average Bonchev–Trinajstić information content (AvgIpc) is 2.28. The van der Waals surface area contributed by atoms with Crippen LogP contribution < -0.4 is 0 Å². The summed E-state index contributed by atoms with van der Waals surface area (Å²) in [6, 6.07) is 8.94. The lowest BCUT2D eigenvalue weighted by atomic mass is 10.1. The first-order valence-electron chi connectivity index (χ1n) is 4.52. The molecule has 0 heterocycles. The molecule has 0 saturated heterocycles. The third-order valence-corrected chi connectivity index (χ3v) is 7.70. The van der Waals surface area contributed by atoms with Crippen LogP contribution in [0.15, 0.2) is 24.3 Å². The van der Waals surface area contributed by atoms with Gasteiger partial charge in [-0.05, 0) is 11.6 Å². The zero-order valence-corrected chi connectivity index (χ0v) is 15.5. The van der Waals surface area contributed by atoms with Crippen molar-refractivity contribution in [3.63, 3.8) is 0 Å². The Kier molecular flexibility index (Phi) is 6.10. The van der Waals surface area contributed by atoms with Gasteiger partial charge in [0.2, 0.25) is 8.13 Å². The molecule has 1 rings (SSSR count). The predicted octanol–water partition coefficient (Wildman–Crippen LogP) is 6.84. The SMILES string of the molecule is ClC(Cl)(Cl)C(Cl)(Cl)C(Cl)(Cl)C(Cl)(Cl)c1cc[c]cc1. The van der Waals surface area contributed by atoms with E-state index in [0.717, 1.165) is 0 Å². The molecule has 0 unspecified atom stereocenters. The number of benzene rings is 1. The Bertz CT molecular complexity index is 432. The Labute approximate surface area is 156 Å². The maximum atomic E-state index is 6.19. The normalized spacial score (nSPS) is 14.6. The maximum Gasteiger partial charge on any atom is 0.226 e. The fraction of sp³-hybridized carbons (Fsp3) is 0.400. The lowest BCUT2D eigenvalue weighted by molar-refractivity contribution is 0.600. The number of hydrogen-bond donors (Lipinski definition) is 0. The van der Waals surface area contributed by atoms with Gasteiger partial charge in [0.1, 0.15) is 0 Å². The molecule has 1 aromatic rings. The summed E-state index contributed by atoms with van der Waals surface area (Å²) in [6.45, 7) is 0. The maximum absolute atomic E-state index is 6.19. The van der Waals surface area contributed by atoms with Gasteiger partial charge in [-0.2, -0.15) is 0 Å². The summed E-state index contributed by atoms with van der Waals surface area (Å²) in [5.74, 6) is 0. The van der Waals surface area contributed by atoms with E-state index in [1.165, 1.54) is 12.1 Å². The summed E-state index contributed by atoms with van der Waals surface area (Å²) >= 11 is 53.6. The number of hydrogen-bond acceptors (Lipinski definition) is 0. The fourth-order valence-electron chi connectivity index (χ4n) is 1.15. The lowest BCUT2D eigenvalue weighted by Gasteiger charge is -2.44. The molecule has 0 nitrogen and oxygen atoms in total. The minimum absolute atomic E-state index is 0.319. The van der Waals surface area contributed by atoms with E-state index in [2.05, 4.69) is 6.07 Å². The highest BCUT2D eigenvalue weighted by Gasteiger charge is 2.68. The van der Waals surface area contributed by atoms with Crippen molar-refractivity contribution >= 4 is 104 Å². The summed E-state index contributed by atoms with van der Waals surface area (Å²) in [5.41, 5.74) is 0.319. The Hall–Kier alpha value is 1.83. The van der Waals surface area contributed by atoms with Crippen LogP contribution in [0.2, 0.25) is 0 Å². The molecular formula is C10H4Cl9. The Morgan fingerprint density at radius 2 is 1.11 bits per heavy atom. The molecule has 9 heteroatoms. The van der Waals surface area contributed by atoms with E-state index in [1.54, 1.807) is 12.1 Å². The van der Waals surface area contributed by atoms with Gasteiger partial charge in [0.05, 0.1) is 0 Å². The van der Waals surface area contributed by atoms with E-state index in [1.807, 2.05) is 0 Å². The van der Waals surface area contributed by atoms with Gasteiger partial charge in [0.15, 0.2) is 8.67 Å². The second-order valence-corrected chi connectivity index (χ2v) is 9.77. The highest BCUT2D eigenvalue weighted by atomic mass is 35.6. The van der Waals surface area contributed by atoms with Crippen molar-refractivity contribution < 1.29 is 0 Å². The van der Waals surface area contributed by atoms with E-state index in [-0.39, 0.29) is 0 Å². The van der Waals surface area contributed by atoms with Crippen molar-refractivity contribution in [3.05, 3.63) is 35.9 Å². The first-order chi connectivity index (χ1) is 8.36. The topological polar surface area (TPSA) is 0 Å². The van der Waals surface area contributed by atoms with Crippen LogP contribution in [0.25, 0.3) is 0 Å². The minimum Gasteiger partial charge on any atom is -0.0943 e. The molecule has 0 aliphatic rings. The molecule has 19 heavy (non-hydrogen) atoms. The standard InChI is InChI=1S/C10H4Cl9/c11-7(12,6-4-2-1-3-5-6)8(13,14)9(15,16)10(17,18)19/h2-5H. The molecule has 0 aromatic heterocycles. The number of halogens is 9. The summed E-state index contributed by atoms with van der Waals surface area (Å²) < 4.78 is -8.66. The van der Waals surface area contributed by atoms with E-state index < -0.39 is 16.8 Å². The van der Waals surface area contributed by atoms with Crippen LogP contribution in [0.3, 0.4) is 0 Å². The molecule has 0 bridgehead atoms. The molecule has 0 saturated carbocycles. The van der Waals surface area contributed by atoms with Gasteiger partial charge >= 0.3 is 0 Å². The Morgan fingerprint density at radius 1 is 0.684 bits per heavy atom. The molecule has 107 valence electrons. The van der Waals surface area contributed by atoms with Crippen molar-refractivity contribution in [2.24, 2.45) is 0 Å². The zero-order chi connectivity index (χ0) is 15.1. The molecule has 1 aromatic carbocycles. The monoisotopic (exact) mass is 439 g/mol. The van der Waals surface area contributed by atoms with E-state index in [4.69, 9.17) is 104 Å². The van der Waals surface area contributed by atoms with Gasteiger partial charge in [-0.25, -0.2) is 0 Å². The lowest BCUT2D eigenvalue weighted by Crippen LogP contribution is -2.54. The number of rotatable bonds is 3. The quantitative estimate of drug-likeness (QED) is 0.449. The highest BCUT2D eigenvalue weighted by molar-refractivity contribution is 6.80. The third kappa shape index (κ3) is 3.44. The predicted molar refractivity (Wildman–Crippen MR) is 87.8 cm³/mol. The van der Waals surface area contributed by atoms with Crippen molar-refractivity contribution in [2.75, 3.05) is 0 Å². The fourth-order valence-corrected chi connectivity index (χ4v) is 3.38. The molecule has 0 N–H and O–H groups in total. The van der Waals surface area contributed by atoms with Crippen LogP contribution >= 0.6 is 104 Å². The summed E-state index contributed by atoms with van der Waals surface area (Å²) in [5, 5.41) is 0. The Morgan fingerprint density at radius 3 is 1.47 bits per heavy atom. The molecule has 0 aliphatic heterocycles. The Balaban J connectivity index is 3.34. The molecule has 0 amide bonds. The zero-order valence-electron chi connectivity index (χ0n) is 8.71.